The first-order valence-corrected chi connectivity index (χ1v) is 10.7. The molecule has 1 N–H and O–H groups in total. The van der Waals surface area contributed by atoms with E-state index in [0.29, 0.717) is 27.3 Å². The molecule has 1 amide bonds. The molecule has 152 valence electrons. The highest BCUT2D eigenvalue weighted by Crippen LogP contribution is 2.29. The highest BCUT2D eigenvalue weighted by atomic mass is 35.5. The zero-order valence-electron chi connectivity index (χ0n) is 16.5. The molecular weight excluding hydrogens is 427 g/mol. The second-order valence-corrected chi connectivity index (χ2v) is 9.53. The highest BCUT2D eigenvalue weighted by molar-refractivity contribution is 7.15. The van der Waals surface area contributed by atoms with E-state index in [1.54, 1.807) is 12.3 Å². The number of nitrogens with zero attached hydrogens (tertiary/aromatic N) is 1. The molecule has 0 atom stereocenters. The van der Waals surface area contributed by atoms with Crippen LogP contribution in [-0.4, -0.2) is 17.5 Å². The molecule has 3 aromatic rings. The van der Waals surface area contributed by atoms with Crippen molar-refractivity contribution in [2.45, 2.75) is 32.6 Å². The van der Waals surface area contributed by atoms with Gasteiger partial charge in [-0.2, -0.15) is 0 Å². The van der Waals surface area contributed by atoms with Crippen molar-refractivity contribution in [3.63, 3.8) is 0 Å². The van der Waals surface area contributed by atoms with Gasteiger partial charge in [0.05, 0.1) is 10.0 Å². The minimum atomic E-state index is -0.258. The Labute approximate surface area is 184 Å². The summed E-state index contributed by atoms with van der Waals surface area (Å²) in [6, 6.07) is 13.3. The van der Waals surface area contributed by atoms with Crippen molar-refractivity contribution >= 4 is 45.6 Å². The number of carbonyl (C=O) groups is 1. The van der Waals surface area contributed by atoms with E-state index < -0.39 is 0 Å². The molecule has 7 heteroatoms. The van der Waals surface area contributed by atoms with Gasteiger partial charge in [0.1, 0.15) is 5.75 Å². The van der Waals surface area contributed by atoms with Gasteiger partial charge in [0, 0.05) is 17.5 Å². The summed E-state index contributed by atoms with van der Waals surface area (Å²) in [6.07, 6.45) is 2.33. The van der Waals surface area contributed by atoms with Crippen molar-refractivity contribution in [1.82, 2.24) is 4.98 Å². The Bertz CT molecular complexity index is 995. The summed E-state index contributed by atoms with van der Waals surface area (Å²) in [5.74, 6) is 0.398. The first-order valence-electron chi connectivity index (χ1n) is 9.13. The van der Waals surface area contributed by atoms with Gasteiger partial charge in [-0.1, -0.05) is 68.2 Å². The minimum Gasteiger partial charge on any atom is -0.484 e. The lowest BCUT2D eigenvalue weighted by molar-refractivity contribution is -0.118. The molecule has 0 aliphatic carbocycles. The van der Waals surface area contributed by atoms with E-state index >= 15 is 0 Å². The molecule has 0 fully saturated rings. The first kappa shape index (κ1) is 21.6. The van der Waals surface area contributed by atoms with E-state index in [4.69, 9.17) is 27.9 Å². The Morgan fingerprint density at radius 2 is 1.86 bits per heavy atom. The quantitative estimate of drug-likeness (QED) is 0.477. The predicted octanol–water partition coefficient (Wildman–Crippen LogP) is 6.36. The molecule has 1 heterocycles. The summed E-state index contributed by atoms with van der Waals surface area (Å²) in [5, 5.41) is 4.35. The van der Waals surface area contributed by atoms with E-state index in [2.05, 4.69) is 31.1 Å². The Morgan fingerprint density at radius 3 is 2.55 bits per heavy atom. The molecule has 0 radical (unpaired) electrons. The van der Waals surface area contributed by atoms with Gasteiger partial charge in [-0.05, 0) is 34.7 Å². The third-order valence-electron chi connectivity index (χ3n) is 4.29. The molecule has 3 rings (SSSR count). The van der Waals surface area contributed by atoms with Crippen molar-refractivity contribution in [2.24, 2.45) is 0 Å². The fourth-order valence-corrected chi connectivity index (χ4v) is 3.91. The van der Waals surface area contributed by atoms with Crippen LogP contribution in [0.25, 0.3) is 0 Å². The van der Waals surface area contributed by atoms with Crippen molar-refractivity contribution in [1.29, 1.82) is 0 Å². The molecule has 0 saturated carbocycles. The fourth-order valence-electron chi connectivity index (χ4n) is 2.68. The number of hydrogen-bond acceptors (Lipinski definition) is 4. The maximum absolute atomic E-state index is 12.2. The number of anilines is 1. The number of benzene rings is 2. The van der Waals surface area contributed by atoms with E-state index in [9.17, 15) is 4.79 Å². The van der Waals surface area contributed by atoms with Crippen LogP contribution < -0.4 is 10.1 Å². The molecule has 29 heavy (non-hydrogen) atoms. The zero-order valence-corrected chi connectivity index (χ0v) is 18.8. The SMILES string of the molecule is CC(C)(C)c1ccc(OCC(=O)Nc2ncc(Cc3cccc(Cl)c3Cl)s2)cc1. The van der Waals surface area contributed by atoms with Crippen LogP contribution in [0.4, 0.5) is 5.13 Å². The summed E-state index contributed by atoms with van der Waals surface area (Å²) < 4.78 is 5.57. The number of halogens is 2. The summed E-state index contributed by atoms with van der Waals surface area (Å²) >= 11 is 13.7. The Balaban J connectivity index is 1.53. The van der Waals surface area contributed by atoms with Crippen LogP contribution in [0.3, 0.4) is 0 Å². The monoisotopic (exact) mass is 448 g/mol. The van der Waals surface area contributed by atoms with E-state index in [-0.39, 0.29) is 17.9 Å². The summed E-state index contributed by atoms with van der Waals surface area (Å²) in [6.45, 7) is 6.38. The Hall–Kier alpha value is -2.08. The lowest BCUT2D eigenvalue weighted by atomic mass is 9.87. The van der Waals surface area contributed by atoms with Gasteiger partial charge in [-0.15, -0.1) is 11.3 Å². The number of thiazole rings is 1. The topological polar surface area (TPSA) is 51.2 Å². The van der Waals surface area contributed by atoms with Crippen LogP contribution in [0.2, 0.25) is 10.0 Å². The van der Waals surface area contributed by atoms with E-state index in [0.717, 1.165) is 10.4 Å². The minimum absolute atomic E-state index is 0.0771. The van der Waals surface area contributed by atoms with Gasteiger partial charge in [0.15, 0.2) is 11.7 Å². The van der Waals surface area contributed by atoms with Crippen LogP contribution in [-0.2, 0) is 16.6 Å². The fraction of sp³-hybridized carbons (Fsp3) is 0.273. The number of aromatic nitrogens is 1. The average Bonchev–Trinajstić information content (AvgIpc) is 3.10. The summed E-state index contributed by atoms with van der Waals surface area (Å²) in [7, 11) is 0. The lowest BCUT2D eigenvalue weighted by Gasteiger charge is -2.19. The molecular formula is C22H22Cl2N2O2S. The molecule has 0 spiro atoms. The first-order chi connectivity index (χ1) is 13.7. The molecule has 4 nitrogen and oxygen atoms in total. The van der Waals surface area contributed by atoms with Crippen molar-refractivity contribution in [3.8, 4) is 5.75 Å². The molecule has 0 aliphatic heterocycles. The maximum Gasteiger partial charge on any atom is 0.264 e. The van der Waals surface area contributed by atoms with Crippen LogP contribution in [0.5, 0.6) is 5.75 Å². The Morgan fingerprint density at radius 1 is 1.14 bits per heavy atom. The number of ether oxygens (including phenoxy) is 1. The van der Waals surface area contributed by atoms with Gasteiger partial charge >= 0.3 is 0 Å². The third kappa shape index (κ3) is 5.95. The van der Waals surface area contributed by atoms with Crippen LogP contribution in [0.15, 0.2) is 48.7 Å². The third-order valence-corrected chi connectivity index (χ3v) is 6.06. The van der Waals surface area contributed by atoms with Crippen LogP contribution >= 0.6 is 34.5 Å². The second-order valence-electron chi connectivity index (χ2n) is 7.63. The van der Waals surface area contributed by atoms with Crippen molar-refractivity contribution in [3.05, 3.63) is 74.7 Å². The highest BCUT2D eigenvalue weighted by Gasteiger charge is 2.14. The van der Waals surface area contributed by atoms with Gasteiger partial charge in [-0.3, -0.25) is 10.1 Å². The zero-order chi connectivity index (χ0) is 21.0. The summed E-state index contributed by atoms with van der Waals surface area (Å²) in [5.41, 5.74) is 2.21. The van der Waals surface area contributed by atoms with Gasteiger partial charge in [-0.25, -0.2) is 4.98 Å². The number of amides is 1. The lowest BCUT2D eigenvalue weighted by Crippen LogP contribution is -2.20. The summed E-state index contributed by atoms with van der Waals surface area (Å²) in [4.78, 5) is 17.4. The molecule has 0 aliphatic rings. The Kier molecular flexibility index (Phi) is 6.83. The standard InChI is InChI=1S/C22H22Cl2N2O2S/c1-22(2,3)15-7-9-16(10-8-15)28-13-19(27)26-21-25-12-17(29-21)11-14-5-4-6-18(23)20(14)24/h4-10,12H,11,13H2,1-3H3,(H,25,26,27). The number of carbonyl (C=O) groups excluding carboxylic acids is 1. The average molecular weight is 449 g/mol. The van der Waals surface area contributed by atoms with Crippen molar-refractivity contribution < 1.29 is 9.53 Å². The number of rotatable bonds is 6. The van der Waals surface area contributed by atoms with Crippen LogP contribution in [0.1, 0.15) is 36.8 Å². The molecule has 2 aromatic carbocycles. The molecule has 0 saturated heterocycles. The van der Waals surface area contributed by atoms with Gasteiger partial charge in [0.2, 0.25) is 0 Å². The van der Waals surface area contributed by atoms with Crippen molar-refractivity contribution in [2.75, 3.05) is 11.9 Å². The second kappa shape index (κ2) is 9.16. The predicted molar refractivity (Wildman–Crippen MR) is 121 cm³/mol. The smallest absolute Gasteiger partial charge is 0.264 e. The normalized spacial score (nSPS) is 11.3. The molecule has 1 aromatic heterocycles. The molecule has 0 unspecified atom stereocenters. The van der Waals surface area contributed by atoms with E-state index in [1.807, 2.05) is 36.4 Å². The van der Waals surface area contributed by atoms with E-state index in [1.165, 1.54) is 16.9 Å². The molecule has 0 bridgehead atoms. The van der Waals surface area contributed by atoms with Crippen LogP contribution in [0, 0.1) is 0 Å². The van der Waals surface area contributed by atoms with Gasteiger partial charge in [0.25, 0.3) is 5.91 Å². The largest absolute Gasteiger partial charge is 0.484 e. The number of hydrogen-bond donors (Lipinski definition) is 1. The maximum atomic E-state index is 12.2. The number of nitrogens with one attached hydrogen (secondary N) is 1. The van der Waals surface area contributed by atoms with Gasteiger partial charge < -0.3 is 4.74 Å².